The molecule has 0 saturated heterocycles. The molecule has 0 heterocycles. The average molecular weight is 236 g/mol. The van der Waals surface area contributed by atoms with Crippen molar-refractivity contribution in [2.75, 3.05) is 6.61 Å². The lowest BCUT2D eigenvalue weighted by Gasteiger charge is -2.02. The standard InChI is InChI=1S/C10H8N2O5/c1-2-17-10(14)7-3-8(11-6-13)5-9(4-7)12(15)16/h3-5H,2H2,1H3. The van der Waals surface area contributed by atoms with Crippen LogP contribution in [0.15, 0.2) is 23.2 Å². The van der Waals surface area contributed by atoms with Gasteiger partial charge in [0.15, 0.2) is 0 Å². The van der Waals surface area contributed by atoms with E-state index in [0.29, 0.717) is 0 Å². The van der Waals surface area contributed by atoms with Crippen LogP contribution < -0.4 is 0 Å². The number of non-ortho nitro benzene ring substituents is 1. The lowest BCUT2D eigenvalue weighted by Crippen LogP contribution is -2.05. The molecule has 7 nitrogen and oxygen atoms in total. The molecule has 0 saturated carbocycles. The minimum atomic E-state index is -0.710. The number of esters is 1. The summed E-state index contributed by atoms with van der Waals surface area (Å²) in [4.78, 5) is 34.6. The maximum Gasteiger partial charge on any atom is 0.338 e. The fraction of sp³-hybridized carbons (Fsp3) is 0.200. The summed E-state index contributed by atoms with van der Waals surface area (Å²) >= 11 is 0. The van der Waals surface area contributed by atoms with E-state index in [1.807, 2.05) is 0 Å². The Hall–Kier alpha value is -2.53. The highest BCUT2D eigenvalue weighted by atomic mass is 16.6. The lowest BCUT2D eigenvalue weighted by molar-refractivity contribution is -0.384. The van der Waals surface area contributed by atoms with Gasteiger partial charge in [0.05, 0.1) is 22.8 Å². The van der Waals surface area contributed by atoms with Crippen molar-refractivity contribution in [3.8, 4) is 0 Å². The number of nitro benzene ring substituents is 1. The third-order valence-corrected chi connectivity index (χ3v) is 1.80. The van der Waals surface area contributed by atoms with Gasteiger partial charge in [0.1, 0.15) is 0 Å². The maximum absolute atomic E-state index is 11.4. The number of carbonyl (C=O) groups is 1. The van der Waals surface area contributed by atoms with Crippen molar-refractivity contribution in [2.24, 2.45) is 4.99 Å². The van der Waals surface area contributed by atoms with Crippen LogP contribution in [-0.4, -0.2) is 23.6 Å². The van der Waals surface area contributed by atoms with Crippen molar-refractivity contribution >= 4 is 23.4 Å². The van der Waals surface area contributed by atoms with Crippen molar-refractivity contribution in [1.82, 2.24) is 0 Å². The third-order valence-electron chi connectivity index (χ3n) is 1.80. The van der Waals surface area contributed by atoms with Crippen LogP contribution in [0.1, 0.15) is 17.3 Å². The van der Waals surface area contributed by atoms with E-state index in [4.69, 9.17) is 4.74 Å². The first-order valence-electron chi connectivity index (χ1n) is 4.63. The zero-order valence-corrected chi connectivity index (χ0v) is 8.87. The van der Waals surface area contributed by atoms with E-state index < -0.39 is 10.9 Å². The van der Waals surface area contributed by atoms with E-state index >= 15 is 0 Å². The quantitative estimate of drug-likeness (QED) is 0.260. The van der Waals surface area contributed by atoms with E-state index in [1.165, 1.54) is 12.1 Å². The van der Waals surface area contributed by atoms with E-state index in [0.717, 1.165) is 12.1 Å². The van der Waals surface area contributed by atoms with Gasteiger partial charge in [-0.2, -0.15) is 4.99 Å². The van der Waals surface area contributed by atoms with Crippen molar-refractivity contribution in [3.05, 3.63) is 33.9 Å². The Labute approximate surface area is 95.9 Å². The molecule has 0 radical (unpaired) electrons. The fourth-order valence-electron chi connectivity index (χ4n) is 1.15. The summed E-state index contributed by atoms with van der Waals surface area (Å²) in [6, 6.07) is 3.34. The summed E-state index contributed by atoms with van der Waals surface area (Å²) in [7, 11) is 0. The summed E-state index contributed by atoms with van der Waals surface area (Å²) < 4.78 is 4.69. The molecule has 0 unspecified atom stereocenters. The molecule has 0 aliphatic heterocycles. The van der Waals surface area contributed by atoms with Gasteiger partial charge in [-0.1, -0.05) is 0 Å². The van der Waals surface area contributed by atoms with Crippen LogP contribution in [0.2, 0.25) is 0 Å². The molecule has 0 aliphatic carbocycles. The fourth-order valence-corrected chi connectivity index (χ4v) is 1.15. The maximum atomic E-state index is 11.4. The second-order valence-corrected chi connectivity index (χ2v) is 2.92. The third kappa shape index (κ3) is 3.22. The van der Waals surface area contributed by atoms with Crippen LogP contribution in [0.3, 0.4) is 0 Å². The minimum Gasteiger partial charge on any atom is -0.462 e. The van der Waals surface area contributed by atoms with Gasteiger partial charge in [0, 0.05) is 12.1 Å². The highest BCUT2D eigenvalue weighted by molar-refractivity contribution is 5.91. The molecule has 0 atom stereocenters. The number of nitro groups is 1. The summed E-state index contributed by atoms with van der Waals surface area (Å²) in [5.41, 5.74) is -0.392. The summed E-state index contributed by atoms with van der Waals surface area (Å²) in [5, 5.41) is 10.6. The number of rotatable bonds is 4. The first-order valence-corrected chi connectivity index (χ1v) is 4.63. The number of isocyanates is 1. The summed E-state index contributed by atoms with van der Waals surface area (Å²) in [6.45, 7) is 1.76. The molecular formula is C10H8N2O5. The Kier molecular flexibility index (Phi) is 4.08. The van der Waals surface area contributed by atoms with Crippen molar-refractivity contribution in [1.29, 1.82) is 0 Å². The Balaban J connectivity index is 3.25. The van der Waals surface area contributed by atoms with E-state index in [-0.39, 0.29) is 23.5 Å². The van der Waals surface area contributed by atoms with Gasteiger partial charge in [0.25, 0.3) is 5.69 Å². The van der Waals surface area contributed by atoms with Crippen LogP contribution in [0.5, 0.6) is 0 Å². The first kappa shape index (κ1) is 12.5. The second kappa shape index (κ2) is 5.53. The average Bonchev–Trinajstić information content (AvgIpc) is 2.29. The van der Waals surface area contributed by atoms with Crippen molar-refractivity contribution in [3.63, 3.8) is 0 Å². The number of hydrogen-bond donors (Lipinski definition) is 0. The zero-order chi connectivity index (χ0) is 12.8. The molecule has 0 aromatic heterocycles. The first-order chi connectivity index (χ1) is 8.08. The molecule has 1 rings (SSSR count). The molecule has 1 aromatic rings. The molecular weight excluding hydrogens is 228 g/mol. The number of benzene rings is 1. The predicted molar refractivity (Wildman–Crippen MR) is 56.8 cm³/mol. The highest BCUT2D eigenvalue weighted by Crippen LogP contribution is 2.23. The second-order valence-electron chi connectivity index (χ2n) is 2.92. The number of hydrogen-bond acceptors (Lipinski definition) is 6. The summed E-state index contributed by atoms with van der Waals surface area (Å²) in [6.07, 6.45) is 1.25. The topological polar surface area (TPSA) is 98.9 Å². The van der Waals surface area contributed by atoms with Crippen LogP contribution in [0, 0.1) is 10.1 Å². The predicted octanol–water partition coefficient (Wildman–Crippen LogP) is 1.74. The number of ether oxygens (including phenoxy) is 1. The van der Waals surface area contributed by atoms with E-state index in [2.05, 4.69) is 4.99 Å². The molecule has 7 heteroatoms. The van der Waals surface area contributed by atoms with Gasteiger partial charge in [-0.15, -0.1) is 0 Å². The molecule has 0 N–H and O–H groups in total. The largest absolute Gasteiger partial charge is 0.462 e. The normalized spacial score (nSPS) is 9.24. The number of aliphatic imine (C=N–C) groups is 1. The molecule has 0 bridgehead atoms. The molecule has 17 heavy (non-hydrogen) atoms. The monoisotopic (exact) mass is 236 g/mol. The van der Waals surface area contributed by atoms with E-state index in [9.17, 15) is 19.7 Å². The number of carbonyl (C=O) groups excluding carboxylic acids is 2. The van der Waals surface area contributed by atoms with Crippen molar-refractivity contribution in [2.45, 2.75) is 6.92 Å². The minimum absolute atomic E-state index is 0.0164. The van der Waals surface area contributed by atoms with Crippen LogP contribution in [0.25, 0.3) is 0 Å². The van der Waals surface area contributed by atoms with Gasteiger partial charge >= 0.3 is 5.97 Å². The Morgan fingerprint density at radius 3 is 2.76 bits per heavy atom. The smallest absolute Gasteiger partial charge is 0.338 e. The molecule has 88 valence electrons. The van der Waals surface area contributed by atoms with Gasteiger partial charge in [-0.3, -0.25) is 10.1 Å². The Morgan fingerprint density at radius 1 is 1.53 bits per heavy atom. The van der Waals surface area contributed by atoms with Crippen LogP contribution in [-0.2, 0) is 9.53 Å². The Bertz CT molecular complexity index is 485. The van der Waals surface area contributed by atoms with Gasteiger partial charge in [0.2, 0.25) is 6.08 Å². The molecule has 0 fully saturated rings. The van der Waals surface area contributed by atoms with Gasteiger partial charge in [-0.05, 0) is 13.0 Å². The van der Waals surface area contributed by atoms with Gasteiger partial charge < -0.3 is 4.74 Å². The van der Waals surface area contributed by atoms with Crippen LogP contribution in [0.4, 0.5) is 11.4 Å². The molecule has 0 aliphatic rings. The van der Waals surface area contributed by atoms with Gasteiger partial charge in [-0.25, -0.2) is 9.59 Å². The summed E-state index contributed by atoms with van der Waals surface area (Å²) in [5.74, 6) is -0.710. The number of nitrogens with zero attached hydrogens (tertiary/aromatic N) is 2. The highest BCUT2D eigenvalue weighted by Gasteiger charge is 2.15. The van der Waals surface area contributed by atoms with E-state index in [1.54, 1.807) is 6.92 Å². The molecule has 0 amide bonds. The SMILES string of the molecule is CCOC(=O)c1cc(N=C=O)cc([N+](=O)[O-])c1. The van der Waals surface area contributed by atoms with Crippen molar-refractivity contribution < 1.29 is 19.2 Å². The Morgan fingerprint density at radius 2 is 2.24 bits per heavy atom. The molecule has 0 spiro atoms. The molecule has 1 aromatic carbocycles. The zero-order valence-electron chi connectivity index (χ0n) is 8.87. The van der Waals surface area contributed by atoms with Crippen LogP contribution >= 0.6 is 0 Å². The lowest BCUT2D eigenvalue weighted by atomic mass is 10.2.